The van der Waals surface area contributed by atoms with Gasteiger partial charge in [-0.05, 0) is 24.9 Å². The Kier molecular flexibility index (Phi) is 5.80. The van der Waals surface area contributed by atoms with Crippen molar-refractivity contribution < 1.29 is 9.13 Å². The highest BCUT2D eigenvalue weighted by molar-refractivity contribution is 5.21. The lowest BCUT2D eigenvalue weighted by Gasteiger charge is -2.25. The molecule has 0 radical (unpaired) electrons. The van der Waals surface area contributed by atoms with E-state index >= 15 is 0 Å². The molecular formula is C16H24FNO. The van der Waals surface area contributed by atoms with E-state index in [0.29, 0.717) is 12.2 Å². The first-order valence-electron chi connectivity index (χ1n) is 7.36. The molecule has 0 aromatic heterocycles. The van der Waals surface area contributed by atoms with Crippen LogP contribution >= 0.6 is 0 Å². The van der Waals surface area contributed by atoms with Gasteiger partial charge in [-0.1, -0.05) is 44.4 Å². The average Bonchev–Trinajstić information content (AvgIpc) is 2.36. The Morgan fingerprint density at radius 2 is 2.16 bits per heavy atom. The van der Waals surface area contributed by atoms with Crippen molar-refractivity contribution >= 4 is 0 Å². The molecule has 1 unspecified atom stereocenters. The smallest absolute Gasteiger partial charge is 0.128 e. The van der Waals surface area contributed by atoms with E-state index in [0.717, 1.165) is 25.5 Å². The summed E-state index contributed by atoms with van der Waals surface area (Å²) in [5.41, 5.74) is 0.702. The Morgan fingerprint density at radius 3 is 2.79 bits per heavy atom. The second kappa shape index (κ2) is 7.61. The zero-order valence-corrected chi connectivity index (χ0v) is 11.7. The Balaban J connectivity index is 1.80. The molecule has 1 aromatic rings. The molecule has 0 spiro atoms. The van der Waals surface area contributed by atoms with Crippen LogP contribution in [0.5, 0.6) is 0 Å². The summed E-state index contributed by atoms with van der Waals surface area (Å²) in [5, 5.41) is 3.29. The Hall–Kier alpha value is -0.930. The molecule has 1 atom stereocenters. The van der Waals surface area contributed by atoms with Crippen LogP contribution in [0.15, 0.2) is 24.3 Å². The topological polar surface area (TPSA) is 21.3 Å². The van der Waals surface area contributed by atoms with Gasteiger partial charge in [0.2, 0.25) is 0 Å². The third-order valence-electron chi connectivity index (χ3n) is 3.91. The molecule has 0 saturated heterocycles. The minimum atomic E-state index is -0.156. The zero-order chi connectivity index (χ0) is 13.5. The molecule has 0 aliphatic heterocycles. The number of benzene rings is 1. The van der Waals surface area contributed by atoms with Crippen LogP contribution in [0.1, 0.15) is 44.2 Å². The molecule has 0 heterocycles. The van der Waals surface area contributed by atoms with Crippen LogP contribution in [-0.2, 0) is 4.74 Å². The maximum atomic E-state index is 13.8. The number of likely N-dealkylation sites (N-methyl/N-ethyl adjacent to an activating group) is 1. The van der Waals surface area contributed by atoms with Gasteiger partial charge in [-0.25, -0.2) is 4.39 Å². The van der Waals surface area contributed by atoms with E-state index in [9.17, 15) is 4.39 Å². The zero-order valence-electron chi connectivity index (χ0n) is 11.7. The van der Waals surface area contributed by atoms with Gasteiger partial charge >= 0.3 is 0 Å². The second-order valence-corrected chi connectivity index (χ2v) is 5.29. The summed E-state index contributed by atoms with van der Waals surface area (Å²) in [7, 11) is 0. The molecule has 1 aliphatic carbocycles. The Morgan fingerprint density at radius 1 is 1.37 bits per heavy atom. The fourth-order valence-corrected chi connectivity index (χ4v) is 2.50. The minimum absolute atomic E-state index is 0.0485. The molecule has 2 nitrogen and oxygen atoms in total. The molecule has 106 valence electrons. The summed E-state index contributed by atoms with van der Waals surface area (Å²) in [5.74, 6) is 0.710. The molecule has 1 saturated carbocycles. The van der Waals surface area contributed by atoms with Crippen molar-refractivity contribution in [2.75, 3.05) is 19.8 Å². The first-order valence-corrected chi connectivity index (χ1v) is 7.36. The summed E-state index contributed by atoms with van der Waals surface area (Å²) in [6, 6.07) is 6.88. The highest BCUT2D eigenvalue weighted by Gasteiger charge is 2.18. The fourth-order valence-electron chi connectivity index (χ4n) is 2.50. The first kappa shape index (κ1) is 14.5. The molecule has 1 aliphatic rings. The third kappa shape index (κ3) is 4.29. The monoisotopic (exact) mass is 265 g/mol. The van der Waals surface area contributed by atoms with E-state index < -0.39 is 0 Å². The van der Waals surface area contributed by atoms with Crippen LogP contribution in [0.25, 0.3) is 0 Å². The van der Waals surface area contributed by atoms with Crippen LogP contribution in [0.3, 0.4) is 0 Å². The van der Waals surface area contributed by atoms with Crippen molar-refractivity contribution in [2.24, 2.45) is 5.92 Å². The lowest BCUT2D eigenvalue weighted by molar-refractivity contribution is 0.0884. The van der Waals surface area contributed by atoms with Gasteiger partial charge in [-0.2, -0.15) is 0 Å². The lowest BCUT2D eigenvalue weighted by Crippen LogP contribution is -2.27. The normalized spacial score (nSPS) is 17.2. The lowest BCUT2D eigenvalue weighted by atomic mass is 9.83. The van der Waals surface area contributed by atoms with Crippen molar-refractivity contribution in [3.8, 4) is 0 Å². The number of nitrogens with one attached hydrogen (secondary N) is 1. The van der Waals surface area contributed by atoms with Gasteiger partial charge in [0, 0.05) is 12.2 Å². The summed E-state index contributed by atoms with van der Waals surface area (Å²) < 4.78 is 19.5. The van der Waals surface area contributed by atoms with E-state index in [2.05, 4.69) is 5.32 Å². The fraction of sp³-hybridized carbons (Fsp3) is 0.625. The SMILES string of the molecule is CCNC(COCCC1CCC1)c1ccccc1F. The highest BCUT2D eigenvalue weighted by Crippen LogP contribution is 2.29. The van der Waals surface area contributed by atoms with Crippen molar-refractivity contribution in [3.05, 3.63) is 35.6 Å². The number of rotatable bonds is 8. The van der Waals surface area contributed by atoms with Gasteiger partial charge in [0.1, 0.15) is 5.82 Å². The van der Waals surface area contributed by atoms with Gasteiger partial charge < -0.3 is 10.1 Å². The van der Waals surface area contributed by atoms with E-state index in [-0.39, 0.29) is 11.9 Å². The molecule has 2 rings (SSSR count). The van der Waals surface area contributed by atoms with E-state index in [1.165, 1.54) is 25.3 Å². The molecule has 0 bridgehead atoms. The van der Waals surface area contributed by atoms with Crippen molar-refractivity contribution in [3.63, 3.8) is 0 Å². The molecule has 1 fully saturated rings. The van der Waals surface area contributed by atoms with Crippen molar-refractivity contribution in [1.82, 2.24) is 5.32 Å². The van der Waals surface area contributed by atoms with Crippen LogP contribution < -0.4 is 5.32 Å². The number of halogens is 1. The second-order valence-electron chi connectivity index (χ2n) is 5.29. The van der Waals surface area contributed by atoms with Crippen LogP contribution in [0.4, 0.5) is 4.39 Å². The highest BCUT2D eigenvalue weighted by atomic mass is 19.1. The maximum absolute atomic E-state index is 13.8. The summed E-state index contributed by atoms with van der Waals surface area (Å²) >= 11 is 0. The summed E-state index contributed by atoms with van der Waals surface area (Å²) in [6.07, 6.45) is 5.23. The van der Waals surface area contributed by atoms with Gasteiger partial charge in [0.05, 0.1) is 12.6 Å². The van der Waals surface area contributed by atoms with Gasteiger partial charge in [0.25, 0.3) is 0 Å². The number of hydrogen-bond acceptors (Lipinski definition) is 2. The first-order chi connectivity index (χ1) is 9.31. The van der Waals surface area contributed by atoms with E-state index in [4.69, 9.17) is 4.74 Å². The predicted octanol–water partition coefficient (Wildman–Crippen LogP) is 3.68. The summed E-state index contributed by atoms with van der Waals surface area (Å²) in [4.78, 5) is 0. The maximum Gasteiger partial charge on any atom is 0.128 e. The average molecular weight is 265 g/mol. The summed E-state index contributed by atoms with van der Waals surface area (Å²) in [6.45, 7) is 4.18. The van der Waals surface area contributed by atoms with Gasteiger partial charge in [0.15, 0.2) is 0 Å². The molecular weight excluding hydrogens is 241 g/mol. The molecule has 1 aromatic carbocycles. The quantitative estimate of drug-likeness (QED) is 0.724. The molecule has 0 amide bonds. The van der Waals surface area contributed by atoms with Crippen molar-refractivity contribution in [2.45, 2.75) is 38.6 Å². The van der Waals surface area contributed by atoms with Crippen LogP contribution in [0, 0.1) is 11.7 Å². The Labute approximate surface area is 115 Å². The van der Waals surface area contributed by atoms with Gasteiger partial charge in [-0.3, -0.25) is 0 Å². The van der Waals surface area contributed by atoms with E-state index in [1.807, 2.05) is 19.1 Å². The van der Waals surface area contributed by atoms with E-state index in [1.54, 1.807) is 6.07 Å². The minimum Gasteiger partial charge on any atom is -0.379 e. The Bertz CT molecular complexity index is 379. The predicted molar refractivity (Wildman–Crippen MR) is 75.6 cm³/mol. The van der Waals surface area contributed by atoms with Gasteiger partial charge in [-0.15, -0.1) is 0 Å². The molecule has 19 heavy (non-hydrogen) atoms. The third-order valence-corrected chi connectivity index (χ3v) is 3.91. The van der Waals surface area contributed by atoms with Crippen LogP contribution in [-0.4, -0.2) is 19.8 Å². The number of ether oxygens (including phenoxy) is 1. The van der Waals surface area contributed by atoms with Crippen molar-refractivity contribution in [1.29, 1.82) is 0 Å². The largest absolute Gasteiger partial charge is 0.379 e. The van der Waals surface area contributed by atoms with Crippen LogP contribution in [0.2, 0.25) is 0 Å². The molecule has 1 N–H and O–H groups in total. The standard InChI is InChI=1S/C16H24FNO/c1-2-18-16(14-8-3-4-9-15(14)17)12-19-11-10-13-6-5-7-13/h3-4,8-9,13,16,18H,2,5-7,10-12H2,1H3. The molecule has 3 heteroatoms. The number of hydrogen-bond donors (Lipinski definition) is 1.